The van der Waals surface area contributed by atoms with E-state index in [1.54, 1.807) is 12.1 Å². The van der Waals surface area contributed by atoms with Crippen molar-refractivity contribution in [2.45, 2.75) is 11.3 Å². The van der Waals surface area contributed by atoms with Gasteiger partial charge >= 0.3 is 6.18 Å². The summed E-state index contributed by atoms with van der Waals surface area (Å²) in [6.07, 6.45) is -4.52. The largest absolute Gasteiger partial charge is 0.416 e. The Hall–Kier alpha value is -4.12. The molecule has 178 valence electrons. The Labute approximate surface area is 202 Å². The zero-order valence-electron chi connectivity index (χ0n) is 18.0. The number of rotatable bonds is 7. The number of amides is 2. The van der Waals surface area contributed by atoms with E-state index in [-0.39, 0.29) is 22.9 Å². The van der Waals surface area contributed by atoms with Gasteiger partial charge in [0.2, 0.25) is 11.1 Å². The van der Waals surface area contributed by atoms with Crippen LogP contribution in [-0.4, -0.2) is 32.7 Å². The number of thioether (sulfide) groups is 1. The molecule has 0 atom stereocenters. The maximum Gasteiger partial charge on any atom is 0.416 e. The third-order valence-electron chi connectivity index (χ3n) is 4.70. The van der Waals surface area contributed by atoms with E-state index in [1.807, 2.05) is 30.3 Å². The van der Waals surface area contributed by atoms with Gasteiger partial charge in [0.15, 0.2) is 5.82 Å². The van der Waals surface area contributed by atoms with E-state index in [2.05, 4.69) is 25.8 Å². The Balaban J connectivity index is 1.34. The summed E-state index contributed by atoms with van der Waals surface area (Å²) < 4.78 is 38.7. The van der Waals surface area contributed by atoms with Crippen LogP contribution in [0.1, 0.15) is 15.9 Å². The number of nitrogens with one attached hydrogen (secondary N) is 3. The average Bonchev–Trinajstić information content (AvgIpc) is 3.32. The van der Waals surface area contributed by atoms with E-state index in [0.29, 0.717) is 16.7 Å². The Morgan fingerprint density at radius 3 is 2.34 bits per heavy atom. The Kier molecular flexibility index (Phi) is 7.16. The van der Waals surface area contributed by atoms with Crippen molar-refractivity contribution in [3.63, 3.8) is 0 Å². The number of alkyl halides is 3. The first-order valence-electron chi connectivity index (χ1n) is 10.3. The van der Waals surface area contributed by atoms with E-state index in [9.17, 15) is 22.8 Å². The van der Waals surface area contributed by atoms with Crippen molar-refractivity contribution in [2.24, 2.45) is 0 Å². The fraction of sp³-hybridized carbons (Fsp3) is 0.0833. The smallest absolute Gasteiger partial charge is 0.325 e. The fourth-order valence-electron chi connectivity index (χ4n) is 3.08. The van der Waals surface area contributed by atoms with Crippen molar-refractivity contribution in [1.82, 2.24) is 15.2 Å². The average molecular weight is 498 g/mol. The molecule has 35 heavy (non-hydrogen) atoms. The van der Waals surface area contributed by atoms with Crippen LogP contribution < -0.4 is 10.6 Å². The molecule has 0 fully saturated rings. The van der Waals surface area contributed by atoms with E-state index in [0.717, 1.165) is 29.5 Å². The highest BCUT2D eigenvalue weighted by molar-refractivity contribution is 7.99. The van der Waals surface area contributed by atoms with Crippen LogP contribution in [0.15, 0.2) is 84.0 Å². The molecule has 0 aliphatic carbocycles. The van der Waals surface area contributed by atoms with Gasteiger partial charge in [0, 0.05) is 22.5 Å². The van der Waals surface area contributed by atoms with Crippen LogP contribution in [0.25, 0.3) is 11.4 Å². The molecule has 0 spiro atoms. The van der Waals surface area contributed by atoms with Crippen molar-refractivity contribution >= 4 is 35.0 Å². The van der Waals surface area contributed by atoms with Gasteiger partial charge in [-0.05, 0) is 36.4 Å². The highest BCUT2D eigenvalue weighted by atomic mass is 32.2. The summed E-state index contributed by atoms with van der Waals surface area (Å²) in [4.78, 5) is 29.2. The van der Waals surface area contributed by atoms with Crippen molar-refractivity contribution in [3.8, 4) is 11.4 Å². The number of H-pyrrole nitrogens is 1. The van der Waals surface area contributed by atoms with E-state index < -0.39 is 17.6 Å². The van der Waals surface area contributed by atoms with Crippen molar-refractivity contribution in [2.75, 3.05) is 16.4 Å². The van der Waals surface area contributed by atoms with Gasteiger partial charge in [0.25, 0.3) is 5.91 Å². The number of anilines is 2. The number of benzene rings is 3. The van der Waals surface area contributed by atoms with Crippen LogP contribution in [-0.2, 0) is 11.0 Å². The predicted molar refractivity (Wildman–Crippen MR) is 127 cm³/mol. The SMILES string of the molecule is O=C(CSc1n[nH]c(-c2ccccc2)n1)Nc1cccc(C(=O)Nc2cccc(C(F)(F)F)c2)c1. The van der Waals surface area contributed by atoms with E-state index in [1.165, 1.54) is 24.3 Å². The first-order valence-corrected chi connectivity index (χ1v) is 11.3. The van der Waals surface area contributed by atoms with Crippen molar-refractivity contribution in [1.29, 1.82) is 0 Å². The number of hydrogen-bond acceptors (Lipinski definition) is 5. The summed E-state index contributed by atoms with van der Waals surface area (Å²) >= 11 is 1.14. The molecule has 1 aromatic heterocycles. The topological polar surface area (TPSA) is 99.8 Å². The van der Waals surface area contributed by atoms with Gasteiger partial charge < -0.3 is 10.6 Å². The number of nitrogens with zero attached hydrogens (tertiary/aromatic N) is 2. The van der Waals surface area contributed by atoms with Gasteiger partial charge in [-0.2, -0.15) is 13.2 Å². The molecule has 4 rings (SSSR count). The Morgan fingerprint density at radius 2 is 1.60 bits per heavy atom. The molecule has 2 amide bonds. The minimum atomic E-state index is -4.52. The number of hydrogen-bond donors (Lipinski definition) is 3. The zero-order chi connectivity index (χ0) is 24.8. The van der Waals surface area contributed by atoms with Gasteiger partial charge in [-0.15, -0.1) is 5.10 Å². The summed E-state index contributed by atoms with van der Waals surface area (Å²) in [6.45, 7) is 0. The fourth-order valence-corrected chi connectivity index (χ4v) is 3.68. The second kappa shape index (κ2) is 10.4. The molecular formula is C24H18F3N5O2S. The lowest BCUT2D eigenvalue weighted by molar-refractivity contribution is -0.137. The first-order chi connectivity index (χ1) is 16.8. The van der Waals surface area contributed by atoms with Crippen molar-refractivity contribution in [3.05, 3.63) is 90.0 Å². The highest BCUT2D eigenvalue weighted by Crippen LogP contribution is 2.30. The number of aromatic amines is 1. The first kappa shape index (κ1) is 24.0. The molecule has 0 bridgehead atoms. The zero-order valence-corrected chi connectivity index (χ0v) is 18.8. The molecule has 3 aromatic carbocycles. The lowest BCUT2D eigenvalue weighted by Crippen LogP contribution is -2.16. The molecule has 0 aliphatic heterocycles. The third kappa shape index (κ3) is 6.48. The highest BCUT2D eigenvalue weighted by Gasteiger charge is 2.30. The molecule has 3 N–H and O–H groups in total. The third-order valence-corrected chi connectivity index (χ3v) is 5.55. The molecule has 1 heterocycles. The lowest BCUT2D eigenvalue weighted by atomic mass is 10.1. The summed E-state index contributed by atoms with van der Waals surface area (Å²) in [5.74, 6) is -0.319. The molecule has 0 saturated carbocycles. The summed E-state index contributed by atoms with van der Waals surface area (Å²) in [5.41, 5.74) is 0.561. The number of aromatic nitrogens is 3. The predicted octanol–water partition coefficient (Wildman–Crippen LogP) is 5.47. The molecule has 0 saturated heterocycles. The second-order valence-electron chi connectivity index (χ2n) is 7.28. The number of carbonyl (C=O) groups is 2. The van der Waals surface area contributed by atoms with Gasteiger partial charge in [-0.3, -0.25) is 14.7 Å². The maximum absolute atomic E-state index is 12.9. The van der Waals surface area contributed by atoms with Gasteiger partial charge in [-0.25, -0.2) is 4.98 Å². The molecule has 0 unspecified atom stereocenters. The maximum atomic E-state index is 12.9. The normalized spacial score (nSPS) is 11.2. The van der Waals surface area contributed by atoms with Gasteiger partial charge in [-0.1, -0.05) is 54.2 Å². The quantitative estimate of drug-likeness (QED) is 0.294. The Morgan fingerprint density at radius 1 is 0.886 bits per heavy atom. The monoisotopic (exact) mass is 497 g/mol. The van der Waals surface area contributed by atoms with Crippen molar-refractivity contribution < 1.29 is 22.8 Å². The summed E-state index contributed by atoms with van der Waals surface area (Å²) in [5, 5.41) is 12.5. The molecule has 11 heteroatoms. The van der Waals surface area contributed by atoms with Crippen LogP contribution >= 0.6 is 11.8 Å². The van der Waals surface area contributed by atoms with Crippen LogP contribution in [0.5, 0.6) is 0 Å². The summed E-state index contributed by atoms with van der Waals surface area (Å²) in [7, 11) is 0. The summed E-state index contributed by atoms with van der Waals surface area (Å²) in [6, 6.07) is 19.9. The standard InChI is InChI=1S/C24H18F3N5O2S/c25-24(26,27)17-9-5-11-19(13-17)29-22(34)16-8-4-10-18(12-16)28-20(33)14-35-23-30-21(31-32-23)15-6-2-1-3-7-15/h1-13H,14H2,(H,28,33)(H,29,34)(H,30,31,32). The van der Waals surface area contributed by atoms with Gasteiger partial charge in [0.1, 0.15) is 0 Å². The Bertz CT molecular complexity index is 1340. The second-order valence-corrected chi connectivity index (χ2v) is 8.23. The van der Waals surface area contributed by atoms with Gasteiger partial charge in [0.05, 0.1) is 11.3 Å². The van der Waals surface area contributed by atoms with E-state index in [4.69, 9.17) is 0 Å². The van der Waals surface area contributed by atoms with E-state index >= 15 is 0 Å². The van der Waals surface area contributed by atoms with Crippen LogP contribution in [0, 0.1) is 0 Å². The molecule has 0 radical (unpaired) electrons. The van der Waals surface area contributed by atoms with Crippen LogP contribution in [0.3, 0.4) is 0 Å². The minimum Gasteiger partial charge on any atom is -0.325 e. The van der Waals surface area contributed by atoms with Crippen LogP contribution in [0.4, 0.5) is 24.5 Å². The number of carbonyl (C=O) groups excluding carboxylic acids is 2. The van der Waals surface area contributed by atoms with Crippen LogP contribution in [0.2, 0.25) is 0 Å². The lowest BCUT2D eigenvalue weighted by Gasteiger charge is -2.11. The molecule has 0 aliphatic rings. The molecule has 4 aromatic rings. The minimum absolute atomic E-state index is 0.0111. The molecular weight excluding hydrogens is 479 g/mol. The number of halogens is 3. The molecule has 7 nitrogen and oxygen atoms in total.